The van der Waals surface area contributed by atoms with Gasteiger partial charge < -0.3 is 14.7 Å². The molecule has 0 atom stereocenters. The summed E-state index contributed by atoms with van der Waals surface area (Å²) in [7, 11) is -6.54. The average molecular weight is 437 g/mol. The van der Waals surface area contributed by atoms with Crippen LogP contribution in [0.1, 0.15) is 0 Å². The van der Waals surface area contributed by atoms with Crippen LogP contribution in [0.4, 0.5) is 0 Å². The molecular weight excluding hydrogens is 414 g/mol. The standard InChI is InChI=1S/C24H20P.H3O4P/c1-5-13-21(14-6-1)25(22-15-7-2-8-16-22,23-17-9-3-10-18-23)24-19-11-4-12-20-24;1-5(2,3)4/h1-20H;(H3,1,2,3,4)/q+1;. The molecule has 0 aromatic heterocycles. The summed E-state index contributed by atoms with van der Waals surface area (Å²) in [5.74, 6) is 0. The molecule has 6 heteroatoms. The number of hydrogen-bond donors (Lipinski definition) is 3. The fraction of sp³-hybridized carbons (Fsp3) is 0. The molecule has 0 unspecified atom stereocenters. The number of benzene rings is 4. The summed E-state index contributed by atoms with van der Waals surface area (Å²) in [4.78, 5) is 21.6. The number of hydrogen-bond acceptors (Lipinski definition) is 1. The van der Waals surface area contributed by atoms with Crippen LogP contribution in [0.25, 0.3) is 0 Å². The van der Waals surface area contributed by atoms with Gasteiger partial charge in [-0.2, -0.15) is 0 Å². The molecule has 4 aromatic rings. The molecular formula is C24H23O4P2+. The van der Waals surface area contributed by atoms with E-state index in [9.17, 15) is 0 Å². The average Bonchev–Trinajstić information content (AvgIpc) is 2.76. The van der Waals surface area contributed by atoms with Gasteiger partial charge in [-0.1, -0.05) is 72.8 Å². The fourth-order valence-corrected chi connectivity index (χ4v) is 7.77. The molecule has 4 nitrogen and oxygen atoms in total. The van der Waals surface area contributed by atoms with Crippen LogP contribution in [0.2, 0.25) is 0 Å². The van der Waals surface area contributed by atoms with Crippen LogP contribution < -0.4 is 21.2 Å². The minimum atomic E-state index is -4.64. The van der Waals surface area contributed by atoms with Gasteiger partial charge in [-0.3, -0.25) is 0 Å². The normalized spacial score (nSPS) is 11.3. The van der Waals surface area contributed by atoms with E-state index < -0.39 is 15.1 Å². The Labute approximate surface area is 177 Å². The minimum Gasteiger partial charge on any atom is -0.303 e. The smallest absolute Gasteiger partial charge is 0.303 e. The van der Waals surface area contributed by atoms with E-state index in [0.29, 0.717) is 0 Å². The first-order valence-corrected chi connectivity index (χ1v) is 12.7. The Balaban J connectivity index is 0.000000461. The lowest BCUT2D eigenvalue weighted by Gasteiger charge is -2.27. The van der Waals surface area contributed by atoms with E-state index in [1.165, 1.54) is 21.2 Å². The lowest BCUT2D eigenvalue weighted by Crippen LogP contribution is -2.38. The van der Waals surface area contributed by atoms with E-state index >= 15 is 0 Å². The predicted octanol–water partition coefficient (Wildman–Crippen LogP) is 3.38. The van der Waals surface area contributed by atoms with Crippen LogP contribution >= 0.6 is 15.1 Å². The topological polar surface area (TPSA) is 77.8 Å². The van der Waals surface area contributed by atoms with Crippen molar-refractivity contribution in [2.75, 3.05) is 0 Å². The van der Waals surface area contributed by atoms with Crippen molar-refractivity contribution in [2.45, 2.75) is 0 Å². The highest BCUT2D eigenvalue weighted by molar-refractivity contribution is 8.01. The third kappa shape index (κ3) is 5.31. The molecule has 0 spiro atoms. The molecule has 4 rings (SSSR count). The first-order valence-electron chi connectivity index (χ1n) is 9.32. The van der Waals surface area contributed by atoms with Gasteiger partial charge in [-0.05, 0) is 48.5 Å². The number of rotatable bonds is 4. The number of phosphoric acid groups is 1. The summed E-state index contributed by atoms with van der Waals surface area (Å²) in [6.45, 7) is 0. The van der Waals surface area contributed by atoms with Crippen molar-refractivity contribution in [3.63, 3.8) is 0 Å². The second kappa shape index (κ2) is 9.95. The second-order valence-corrected chi connectivity index (χ2v) is 11.0. The fourth-order valence-electron chi connectivity index (χ4n) is 3.50. The molecule has 0 heterocycles. The van der Waals surface area contributed by atoms with Crippen LogP contribution in [-0.4, -0.2) is 14.7 Å². The summed E-state index contributed by atoms with van der Waals surface area (Å²) < 4.78 is 8.88. The summed E-state index contributed by atoms with van der Waals surface area (Å²) in [5.41, 5.74) is 0. The molecule has 30 heavy (non-hydrogen) atoms. The first kappa shape index (κ1) is 22.1. The maximum absolute atomic E-state index is 8.88. The van der Waals surface area contributed by atoms with Gasteiger partial charge in [0.05, 0.1) is 0 Å². The molecule has 0 bridgehead atoms. The molecule has 0 amide bonds. The summed E-state index contributed by atoms with van der Waals surface area (Å²) in [5, 5.41) is 5.55. The van der Waals surface area contributed by atoms with Crippen LogP contribution in [-0.2, 0) is 4.57 Å². The summed E-state index contributed by atoms with van der Waals surface area (Å²) in [6, 6.07) is 43.8. The molecule has 0 aliphatic heterocycles. The van der Waals surface area contributed by atoms with Crippen LogP contribution in [0.15, 0.2) is 121 Å². The highest BCUT2D eigenvalue weighted by atomic mass is 31.2. The maximum atomic E-state index is 8.88. The Bertz CT molecular complexity index is 911. The van der Waals surface area contributed by atoms with Gasteiger partial charge in [0.25, 0.3) is 0 Å². The van der Waals surface area contributed by atoms with Gasteiger partial charge in [0.2, 0.25) is 0 Å². The zero-order valence-corrected chi connectivity index (χ0v) is 18.0. The van der Waals surface area contributed by atoms with E-state index in [0.717, 1.165) is 0 Å². The van der Waals surface area contributed by atoms with Gasteiger partial charge in [0.1, 0.15) is 28.5 Å². The van der Waals surface area contributed by atoms with Crippen molar-refractivity contribution in [3.05, 3.63) is 121 Å². The van der Waals surface area contributed by atoms with Crippen LogP contribution in [0.5, 0.6) is 0 Å². The summed E-state index contributed by atoms with van der Waals surface area (Å²) in [6.07, 6.45) is 0. The lowest BCUT2D eigenvalue weighted by molar-refractivity contribution is 0.275. The zero-order chi connectivity index (χ0) is 21.5. The Kier molecular flexibility index (Phi) is 7.33. The van der Waals surface area contributed by atoms with Crippen molar-refractivity contribution in [3.8, 4) is 0 Å². The third-order valence-electron chi connectivity index (χ3n) is 4.57. The Morgan fingerprint density at radius 3 is 0.767 bits per heavy atom. The van der Waals surface area contributed by atoms with Crippen LogP contribution in [0.3, 0.4) is 0 Å². The van der Waals surface area contributed by atoms with Crippen molar-refractivity contribution in [1.82, 2.24) is 0 Å². The second-order valence-electron chi connectivity index (χ2n) is 6.53. The first-order chi connectivity index (χ1) is 14.4. The maximum Gasteiger partial charge on any atom is 0.466 e. The van der Waals surface area contributed by atoms with Crippen molar-refractivity contribution < 1.29 is 19.2 Å². The van der Waals surface area contributed by atoms with Gasteiger partial charge in [-0.25, -0.2) is 4.57 Å². The Hall–Kier alpha value is -2.58. The quantitative estimate of drug-likeness (QED) is 0.428. The highest BCUT2D eigenvalue weighted by Gasteiger charge is 2.47. The van der Waals surface area contributed by atoms with Crippen molar-refractivity contribution in [2.24, 2.45) is 0 Å². The molecule has 0 radical (unpaired) electrons. The Morgan fingerprint density at radius 1 is 0.433 bits per heavy atom. The molecule has 0 saturated heterocycles. The van der Waals surface area contributed by atoms with E-state index in [1.54, 1.807) is 0 Å². The van der Waals surface area contributed by atoms with E-state index in [-0.39, 0.29) is 0 Å². The van der Waals surface area contributed by atoms with Gasteiger partial charge in [-0.15, -0.1) is 0 Å². The third-order valence-corrected chi connectivity index (χ3v) is 8.86. The predicted molar refractivity (Wildman–Crippen MR) is 125 cm³/mol. The largest absolute Gasteiger partial charge is 0.466 e. The van der Waals surface area contributed by atoms with Crippen molar-refractivity contribution >= 4 is 36.3 Å². The molecule has 0 aliphatic rings. The van der Waals surface area contributed by atoms with Gasteiger partial charge in [0.15, 0.2) is 0 Å². The SMILES string of the molecule is O=P(O)(O)O.c1ccc([P+](c2ccccc2)(c2ccccc2)c2ccccc2)cc1. The van der Waals surface area contributed by atoms with E-state index in [1.807, 2.05) is 0 Å². The molecule has 152 valence electrons. The lowest BCUT2D eigenvalue weighted by atomic mass is 10.3. The van der Waals surface area contributed by atoms with E-state index in [2.05, 4.69) is 121 Å². The van der Waals surface area contributed by atoms with Crippen LogP contribution in [0, 0.1) is 0 Å². The minimum absolute atomic E-state index is 1.39. The highest BCUT2D eigenvalue weighted by Crippen LogP contribution is 2.53. The molecule has 4 aromatic carbocycles. The van der Waals surface area contributed by atoms with Gasteiger partial charge >= 0.3 is 7.82 Å². The van der Waals surface area contributed by atoms with Crippen molar-refractivity contribution in [1.29, 1.82) is 0 Å². The molecule has 0 fully saturated rings. The zero-order valence-electron chi connectivity index (χ0n) is 16.2. The van der Waals surface area contributed by atoms with Gasteiger partial charge in [0, 0.05) is 0 Å². The summed E-state index contributed by atoms with van der Waals surface area (Å²) >= 11 is 0. The molecule has 0 saturated carbocycles. The monoisotopic (exact) mass is 437 g/mol. The molecule has 0 aliphatic carbocycles. The Morgan fingerprint density at radius 2 is 0.600 bits per heavy atom. The van der Waals surface area contributed by atoms with E-state index in [4.69, 9.17) is 19.2 Å². The molecule has 3 N–H and O–H groups in total.